The summed E-state index contributed by atoms with van der Waals surface area (Å²) in [7, 11) is 1.46. The number of carbonyl (C=O) groups excluding carboxylic acids is 2. The van der Waals surface area contributed by atoms with Crippen LogP contribution in [-0.2, 0) is 15.5 Å². The van der Waals surface area contributed by atoms with Crippen LogP contribution in [0.15, 0.2) is 29.0 Å². The minimum absolute atomic E-state index is 0. The van der Waals surface area contributed by atoms with E-state index in [0.29, 0.717) is 18.1 Å². The van der Waals surface area contributed by atoms with Gasteiger partial charge in [-0.05, 0) is 24.6 Å². The van der Waals surface area contributed by atoms with Crippen LogP contribution in [-0.4, -0.2) is 43.4 Å². The second-order valence-corrected chi connectivity index (χ2v) is 6.82. The zero-order chi connectivity index (χ0) is 20.1. The number of hydrogen-bond acceptors (Lipinski definition) is 6. The Bertz CT molecular complexity index is 938. The predicted octanol–water partition coefficient (Wildman–Crippen LogP) is 3.12. The molecule has 1 N–H and O–H groups in total. The summed E-state index contributed by atoms with van der Waals surface area (Å²) < 4.78 is 39.2. The summed E-state index contributed by atoms with van der Waals surface area (Å²) in [6, 6.07) is 4.63. The number of cyclic esters (lactones) is 1. The summed E-state index contributed by atoms with van der Waals surface area (Å²) in [6.45, 7) is 2.02. The summed E-state index contributed by atoms with van der Waals surface area (Å²) in [5, 5.41) is 6.68. The van der Waals surface area contributed by atoms with Crippen LogP contribution in [0.25, 0.3) is 0 Å². The van der Waals surface area contributed by atoms with Crippen molar-refractivity contribution in [2.45, 2.75) is 25.4 Å². The molecular weight excluding hydrogens is 374 g/mol. The maximum absolute atomic E-state index is 14.6. The van der Waals surface area contributed by atoms with E-state index in [-0.39, 0.29) is 24.8 Å². The number of fused-ring (bicyclic) bond motifs is 1. The van der Waals surface area contributed by atoms with E-state index >= 15 is 0 Å². The van der Waals surface area contributed by atoms with Crippen molar-refractivity contribution < 1.29 is 29.1 Å². The Kier molecular flexibility index (Phi) is 4.20. The van der Waals surface area contributed by atoms with E-state index in [1.807, 2.05) is 0 Å². The van der Waals surface area contributed by atoms with Crippen LogP contribution in [0.1, 0.15) is 19.0 Å². The fraction of sp³-hybridized carbons (Fsp3) is 0.389. The maximum Gasteiger partial charge on any atom is 0.414 e. The number of benzene rings is 1. The van der Waals surface area contributed by atoms with Gasteiger partial charge in [-0.2, -0.15) is 0 Å². The van der Waals surface area contributed by atoms with Crippen molar-refractivity contribution in [2.24, 2.45) is 0 Å². The fourth-order valence-corrected chi connectivity index (χ4v) is 3.60. The molecule has 1 unspecified atom stereocenters. The molecule has 2 amide bonds. The number of aromatic nitrogens is 1. The van der Waals surface area contributed by atoms with Gasteiger partial charge < -0.3 is 19.5 Å². The van der Waals surface area contributed by atoms with E-state index in [2.05, 4.69) is 10.5 Å². The molecule has 0 saturated carbocycles. The molecule has 2 aromatic rings. The molecule has 0 bridgehead atoms. The molecule has 150 valence electrons. The zero-order valence-electron chi connectivity index (χ0n) is 15.2. The Labute approximate surface area is 160 Å². The molecule has 1 saturated heterocycles. The first-order valence-electron chi connectivity index (χ1n) is 8.69. The first-order chi connectivity index (χ1) is 13.3. The number of alkyl halides is 2. The number of rotatable bonds is 4. The average Bonchev–Trinajstić information content (AvgIpc) is 3.27. The van der Waals surface area contributed by atoms with Crippen molar-refractivity contribution >= 4 is 29.2 Å². The average molecular weight is 394 g/mol. The van der Waals surface area contributed by atoms with E-state index in [1.165, 1.54) is 36.1 Å². The van der Waals surface area contributed by atoms with E-state index < -0.39 is 30.4 Å². The third-order valence-corrected chi connectivity index (χ3v) is 5.00. The van der Waals surface area contributed by atoms with Crippen LogP contribution < -0.4 is 15.1 Å². The highest BCUT2D eigenvalue weighted by molar-refractivity contribution is 5.99. The largest absolute Gasteiger partial charge is 0.442 e. The monoisotopic (exact) mass is 394 g/mol. The molecule has 8 nitrogen and oxygen atoms in total. The molecule has 0 spiro atoms. The summed E-state index contributed by atoms with van der Waals surface area (Å²) in [6.07, 6.45) is -0.577. The molecule has 1 aromatic carbocycles. The molecule has 2 aliphatic rings. The standard InChI is InChI=1S/C18H18F2N4O4.H2/c1-10-12(3-4-13-16(10)18(19,20)7-15(25)23(13)2)24-9-11(28-17(24)26)8-21-14-5-6-27-22-14;/h3-6,11H,7-9H2,1-2H3,(H,21,22);1H. The van der Waals surface area contributed by atoms with Gasteiger partial charge in [0.25, 0.3) is 5.92 Å². The van der Waals surface area contributed by atoms with Crippen LogP contribution in [0.4, 0.5) is 30.8 Å². The quantitative estimate of drug-likeness (QED) is 0.857. The van der Waals surface area contributed by atoms with Crippen molar-refractivity contribution in [1.82, 2.24) is 5.16 Å². The second-order valence-electron chi connectivity index (χ2n) is 6.82. The molecule has 10 heteroatoms. The van der Waals surface area contributed by atoms with Gasteiger partial charge in [-0.25, -0.2) is 13.6 Å². The van der Waals surface area contributed by atoms with Crippen molar-refractivity contribution in [3.63, 3.8) is 0 Å². The number of nitrogens with one attached hydrogen (secondary N) is 1. The lowest BCUT2D eigenvalue weighted by Gasteiger charge is -2.34. The minimum Gasteiger partial charge on any atom is -0.442 e. The Balaban J connectivity index is 0.00000240. The number of hydrogen-bond donors (Lipinski definition) is 1. The Hall–Kier alpha value is -3.17. The molecule has 1 fully saturated rings. The van der Waals surface area contributed by atoms with Crippen molar-refractivity contribution in [3.05, 3.63) is 35.6 Å². The summed E-state index contributed by atoms with van der Waals surface area (Å²) in [5.74, 6) is -3.44. The molecule has 2 aliphatic heterocycles. The number of carbonyl (C=O) groups is 2. The lowest BCUT2D eigenvalue weighted by atomic mass is 9.92. The van der Waals surface area contributed by atoms with Gasteiger partial charge in [0.1, 0.15) is 12.4 Å². The van der Waals surface area contributed by atoms with Gasteiger partial charge in [-0.3, -0.25) is 9.69 Å². The van der Waals surface area contributed by atoms with E-state index in [4.69, 9.17) is 9.26 Å². The van der Waals surface area contributed by atoms with Gasteiger partial charge in [-0.1, -0.05) is 5.16 Å². The van der Waals surface area contributed by atoms with Crippen LogP contribution in [0.2, 0.25) is 0 Å². The van der Waals surface area contributed by atoms with Gasteiger partial charge in [-0.15, -0.1) is 0 Å². The SMILES string of the molecule is Cc1c(N2CC(CNc3ccon3)OC2=O)ccc2c1C(F)(F)CC(=O)N2C.[HH]. The number of amides is 2. The van der Waals surface area contributed by atoms with E-state index in [1.54, 1.807) is 12.1 Å². The van der Waals surface area contributed by atoms with Gasteiger partial charge in [0.2, 0.25) is 5.91 Å². The number of nitrogens with zero attached hydrogens (tertiary/aromatic N) is 3. The minimum atomic E-state index is -3.30. The van der Waals surface area contributed by atoms with Crippen LogP contribution in [0.5, 0.6) is 0 Å². The Morgan fingerprint density at radius 1 is 1.32 bits per heavy atom. The summed E-state index contributed by atoms with van der Waals surface area (Å²) in [5.41, 5.74) is 0.516. The molecule has 1 aromatic heterocycles. The van der Waals surface area contributed by atoms with Crippen LogP contribution >= 0.6 is 0 Å². The number of ether oxygens (including phenoxy) is 1. The fourth-order valence-electron chi connectivity index (χ4n) is 3.60. The molecule has 0 radical (unpaired) electrons. The van der Waals surface area contributed by atoms with Gasteiger partial charge in [0, 0.05) is 14.5 Å². The van der Waals surface area contributed by atoms with Crippen molar-refractivity contribution in [3.8, 4) is 0 Å². The van der Waals surface area contributed by atoms with E-state index in [0.717, 1.165) is 0 Å². The first kappa shape index (κ1) is 18.2. The highest BCUT2D eigenvalue weighted by Crippen LogP contribution is 2.47. The third kappa shape index (κ3) is 2.94. The van der Waals surface area contributed by atoms with E-state index in [9.17, 15) is 18.4 Å². The molecular formula is C18H20F2N4O4. The second kappa shape index (κ2) is 6.47. The highest BCUT2D eigenvalue weighted by Gasteiger charge is 2.46. The summed E-state index contributed by atoms with van der Waals surface area (Å²) in [4.78, 5) is 26.7. The predicted molar refractivity (Wildman–Crippen MR) is 97.8 cm³/mol. The summed E-state index contributed by atoms with van der Waals surface area (Å²) >= 11 is 0. The normalized spacial score (nSPS) is 20.9. The van der Waals surface area contributed by atoms with Gasteiger partial charge in [0.15, 0.2) is 5.82 Å². The van der Waals surface area contributed by atoms with Crippen LogP contribution in [0.3, 0.4) is 0 Å². The zero-order valence-corrected chi connectivity index (χ0v) is 15.2. The lowest BCUT2D eigenvalue weighted by Crippen LogP contribution is -2.39. The van der Waals surface area contributed by atoms with Crippen molar-refractivity contribution in [1.29, 1.82) is 0 Å². The van der Waals surface area contributed by atoms with Crippen molar-refractivity contribution in [2.75, 3.05) is 35.3 Å². The molecule has 4 rings (SSSR count). The topological polar surface area (TPSA) is 87.9 Å². The number of halogens is 2. The molecule has 1 atom stereocenters. The maximum atomic E-state index is 14.6. The molecule has 0 aliphatic carbocycles. The first-order valence-corrected chi connectivity index (χ1v) is 8.69. The highest BCUT2D eigenvalue weighted by atomic mass is 19.3. The third-order valence-electron chi connectivity index (χ3n) is 5.00. The smallest absolute Gasteiger partial charge is 0.414 e. The number of anilines is 3. The van der Waals surface area contributed by atoms with Gasteiger partial charge in [0.05, 0.1) is 36.4 Å². The lowest BCUT2D eigenvalue weighted by molar-refractivity contribution is -0.127. The van der Waals surface area contributed by atoms with Gasteiger partial charge >= 0.3 is 6.09 Å². The molecule has 28 heavy (non-hydrogen) atoms. The Morgan fingerprint density at radius 3 is 2.79 bits per heavy atom. The Morgan fingerprint density at radius 2 is 2.07 bits per heavy atom. The van der Waals surface area contributed by atoms with Crippen LogP contribution in [0, 0.1) is 6.92 Å². The molecule has 3 heterocycles.